The zero-order valence-corrected chi connectivity index (χ0v) is 25.2. The van der Waals surface area contributed by atoms with Crippen LogP contribution in [0.4, 0.5) is 0 Å². The number of aromatic nitrogens is 3. The highest BCUT2D eigenvalue weighted by Gasteiger charge is 2.20. The Labute approximate surface area is 256 Å². The fourth-order valence-corrected chi connectivity index (χ4v) is 5.50. The third-order valence-electron chi connectivity index (χ3n) is 7.20. The first kappa shape index (κ1) is 28.1. The predicted octanol–water partition coefficient (Wildman–Crippen LogP) is 7.51. The van der Waals surface area contributed by atoms with Crippen LogP contribution in [0, 0.1) is 0 Å². The summed E-state index contributed by atoms with van der Waals surface area (Å²) < 4.78 is 9.24. The standard InChI is InChI=1S/C35H27BrN4O3/c1-3-32-38-30-19-16-27(36)21-29(30)34(41)40(32)37-22-26-20-31(23-10-6-4-7-11-23)39(33(26)24-12-8-5-9-13-24)28-17-14-25(15-18-28)35(42)43-2/h4-22H,3H2,1-2H3. The highest BCUT2D eigenvalue weighted by atomic mass is 79.9. The first-order valence-corrected chi connectivity index (χ1v) is 14.6. The molecular formula is C35H27BrN4O3. The third-order valence-corrected chi connectivity index (χ3v) is 7.69. The molecule has 6 rings (SSSR count). The van der Waals surface area contributed by atoms with E-state index in [-0.39, 0.29) is 5.56 Å². The average Bonchev–Trinajstić information content (AvgIpc) is 3.44. The quantitative estimate of drug-likeness (QED) is 0.135. The minimum atomic E-state index is -0.397. The minimum absolute atomic E-state index is 0.234. The average molecular weight is 632 g/mol. The van der Waals surface area contributed by atoms with E-state index in [4.69, 9.17) is 14.8 Å². The third kappa shape index (κ3) is 5.45. The molecule has 0 bridgehead atoms. The lowest BCUT2D eigenvalue weighted by Gasteiger charge is -2.15. The molecule has 6 aromatic rings. The van der Waals surface area contributed by atoms with Gasteiger partial charge in [0.25, 0.3) is 5.56 Å². The largest absolute Gasteiger partial charge is 0.465 e. The molecule has 43 heavy (non-hydrogen) atoms. The number of fused-ring (bicyclic) bond motifs is 1. The monoisotopic (exact) mass is 630 g/mol. The lowest BCUT2D eigenvalue weighted by Crippen LogP contribution is -2.22. The van der Waals surface area contributed by atoms with E-state index in [1.54, 1.807) is 24.4 Å². The molecule has 0 radical (unpaired) electrons. The van der Waals surface area contributed by atoms with Gasteiger partial charge in [0.15, 0.2) is 0 Å². The van der Waals surface area contributed by atoms with Crippen LogP contribution in [0.3, 0.4) is 0 Å². The van der Waals surface area contributed by atoms with Gasteiger partial charge in [0.1, 0.15) is 5.82 Å². The molecule has 2 heterocycles. The van der Waals surface area contributed by atoms with Crippen LogP contribution in [0.1, 0.15) is 28.7 Å². The van der Waals surface area contributed by atoms with Gasteiger partial charge in [-0.25, -0.2) is 9.78 Å². The summed E-state index contributed by atoms with van der Waals surface area (Å²) in [6.45, 7) is 1.95. The summed E-state index contributed by atoms with van der Waals surface area (Å²) in [6, 6.07) is 35.0. The maximum absolute atomic E-state index is 13.6. The number of esters is 1. The second kappa shape index (κ2) is 12.0. The van der Waals surface area contributed by atoms with Gasteiger partial charge in [-0.05, 0) is 59.7 Å². The van der Waals surface area contributed by atoms with E-state index in [0.29, 0.717) is 28.7 Å². The Morgan fingerprint density at radius 3 is 2.23 bits per heavy atom. The Hall–Kier alpha value is -5.08. The van der Waals surface area contributed by atoms with Gasteiger partial charge in [0, 0.05) is 22.1 Å². The molecule has 212 valence electrons. The summed E-state index contributed by atoms with van der Waals surface area (Å²) in [5.74, 6) is 0.171. The molecule has 0 N–H and O–H groups in total. The highest BCUT2D eigenvalue weighted by Crippen LogP contribution is 2.35. The number of carbonyl (C=O) groups is 1. The summed E-state index contributed by atoms with van der Waals surface area (Å²) >= 11 is 3.47. The fraction of sp³-hybridized carbons (Fsp3) is 0.0857. The predicted molar refractivity (Wildman–Crippen MR) is 174 cm³/mol. The summed E-state index contributed by atoms with van der Waals surface area (Å²) in [7, 11) is 1.37. The van der Waals surface area contributed by atoms with Gasteiger partial charge in [0.2, 0.25) is 0 Å². The maximum Gasteiger partial charge on any atom is 0.337 e. The number of carbonyl (C=O) groups excluding carboxylic acids is 1. The smallest absolute Gasteiger partial charge is 0.337 e. The number of benzene rings is 4. The molecular weight excluding hydrogens is 604 g/mol. The number of rotatable bonds is 7. The summed E-state index contributed by atoms with van der Waals surface area (Å²) in [6.07, 6.45) is 2.26. The van der Waals surface area contributed by atoms with E-state index in [0.717, 1.165) is 38.2 Å². The van der Waals surface area contributed by atoms with E-state index in [9.17, 15) is 9.59 Å². The van der Waals surface area contributed by atoms with Crippen molar-refractivity contribution >= 4 is 39.0 Å². The molecule has 7 nitrogen and oxygen atoms in total. The first-order valence-electron chi connectivity index (χ1n) is 13.8. The normalized spacial score (nSPS) is 11.3. The Bertz CT molecular complexity index is 2030. The number of aryl methyl sites for hydroxylation is 1. The van der Waals surface area contributed by atoms with Crippen LogP contribution in [-0.4, -0.2) is 33.5 Å². The lowest BCUT2D eigenvalue weighted by molar-refractivity contribution is 0.0600. The van der Waals surface area contributed by atoms with Gasteiger partial charge in [-0.2, -0.15) is 9.78 Å². The number of halogens is 1. The van der Waals surface area contributed by atoms with Crippen molar-refractivity contribution in [2.45, 2.75) is 13.3 Å². The molecule has 0 spiro atoms. The van der Waals surface area contributed by atoms with Crippen LogP contribution in [0.15, 0.2) is 124 Å². The van der Waals surface area contributed by atoms with Crippen LogP contribution in [0.5, 0.6) is 0 Å². The Balaban J connectivity index is 1.60. The molecule has 0 unspecified atom stereocenters. The molecule has 0 aliphatic heterocycles. The molecule has 4 aromatic carbocycles. The van der Waals surface area contributed by atoms with Crippen molar-refractivity contribution in [2.24, 2.45) is 5.10 Å². The zero-order chi connectivity index (χ0) is 29.9. The van der Waals surface area contributed by atoms with Gasteiger partial charge in [-0.15, -0.1) is 0 Å². The van der Waals surface area contributed by atoms with Gasteiger partial charge in [0.05, 0.1) is 41.2 Å². The van der Waals surface area contributed by atoms with Gasteiger partial charge in [-0.1, -0.05) is 83.5 Å². The van der Waals surface area contributed by atoms with Crippen molar-refractivity contribution in [3.8, 4) is 28.2 Å². The second-order valence-electron chi connectivity index (χ2n) is 9.84. The number of nitrogens with zero attached hydrogens (tertiary/aromatic N) is 4. The van der Waals surface area contributed by atoms with E-state index in [1.807, 2.05) is 79.7 Å². The van der Waals surface area contributed by atoms with E-state index < -0.39 is 5.97 Å². The van der Waals surface area contributed by atoms with Crippen LogP contribution >= 0.6 is 15.9 Å². The van der Waals surface area contributed by atoms with Crippen LogP contribution in [-0.2, 0) is 11.2 Å². The van der Waals surface area contributed by atoms with E-state index >= 15 is 0 Å². The van der Waals surface area contributed by atoms with Crippen molar-refractivity contribution in [1.29, 1.82) is 0 Å². The van der Waals surface area contributed by atoms with Crippen molar-refractivity contribution in [3.05, 3.63) is 141 Å². The maximum atomic E-state index is 13.6. The molecule has 0 amide bonds. The minimum Gasteiger partial charge on any atom is -0.465 e. The first-order chi connectivity index (χ1) is 21.0. The number of ether oxygens (including phenoxy) is 1. The van der Waals surface area contributed by atoms with Crippen LogP contribution in [0.2, 0.25) is 0 Å². The highest BCUT2D eigenvalue weighted by molar-refractivity contribution is 9.10. The van der Waals surface area contributed by atoms with Gasteiger partial charge in [-0.3, -0.25) is 4.79 Å². The molecule has 2 aromatic heterocycles. The molecule has 0 fully saturated rings. The summed E-state index contributed by atoms with van der Waals surface area (Å²) in [5, 5.41) is 5.22. The SMILES string of the molecule is CCc1nc2ccc(Br)cc2c(=O)n1N=Cc1cc(-c2ccccc2)n(-c2ccc(C(=O)OC)cc2)c1-c1ccccc1. The summed E-state index contributed by atoms with van der Waals surface area (Å²) in [4.78, 5) is 30.5. The van der Waals surface area contributed by atoms with Crippen LogP contribution in [0.25, 0.3) is 39.1 Å². The van der Waals surface area contributed by atoms with Crippen molar-refractivity contribution in [2.75, 3.05) is 7.11 Å². The molecule has 0 atom stereocenters. The molecule has 0 saturated carbocycles. The topological polar surface area (TPSA) is 78.5 Å². The van der Waals surface area contributed by atoms with Crippen molar-refractivity contribution in [1.82, 2.24) is 14.2 Å². The fourth-order valence-electron chi connectivity index (χ4n) is 5.14. The Morgan fingerprint density at radius 2 is 1.58 bits per heavy atom. The van der Waals surface area contributed by atoms with Gasteiger partial charge >= 0.3 is 5.97 Å². The zero-order valence-electron chi connectivity index (χ0n) is 23.6. The number of methoxy groups -OCH3 is 1. The summed E-state index contributed by atoms with van der Waals surface area (Å²) in [5.41, 5.74) is 6.30. The number of hydrogen-bond acceptors (Lipinski definition) is 5. The molecule has 8 heteroatoms. The molecule has 0 saturated heterocycles. The lowest BCUT2D eigenvalue weighted by atomic mass is 10.1. The van der Waals surface area contributed by atoms with E-state index in [2.05, 4.69) is 38.7 Å². The Morgan fingerprint density at radius 1 is 0.907 bits per heavy atom. The number of hydrogen-bond donors (Lipinski definition) is 0. The van der Waals surface area contributed by atoms with Crippen molar-refractivity contribution in [3.63, 3.8) is 0 Å². The Kier molecular flexibility index (Phi) is 7.85. The van der Waals surface area contributed by atoms with Crippen molar-refractivity contribution < 1.29 is 9.53 Å². The second-order valence-corrected chi connectivity index (χ2v) is 10.8. The van der Waals surface area contributed by atoms with Crippen LogP contribution < -0.4 is 5.56 Å². The molecule has 0 aliphatic carbocycles. The van der Waals surface area contributed by atoms with E-state index in [1.165, 1.54) is 11.8 Å². The molecule has 0 aliphatic rings. The van der Waals surface area contributed by atoms with Gasteiger partial charge < -0.3 is 9.30 Å².